The number of hydrazone groups is 1. The van der Waals surface area contributed by atoms with Gasteiger partial charge in [-0.3, -0.25) is 9.59 Å². The predicted octanol–water partition coefficient (Wildman–Crippen LogP) is 1.09. The van der Waals surface area contributed by atoms with E-state index in [-0.39, 0.29) is 6.61 Å². The number of hydrogen-bond donors (Lipinski definition) is 1. The van der Waals surface area contributed by atoms with Crippen LogP contribution in [0.1, 0.15) is 31.2 Å². The van der Waals surface area contributed by atoms with Crippen LogP contribution in [0, 0.1) is 0 Å². The van der Waals surface area contributed by atoms with Crippen LogP contribution in [0.5, 0.6) is 5.75 Å². The fraction of sp³-hybridized carbons (Fsp3) is 0.444. The summed E-state index contributed by atoms with van der Waals surface area (Å²) >= 11 is 0. The van der Waals surface area contributed by atoms with Crippen LogP contribution in [0.25, 0.3) is 0 Å². The average molecular weight is 361 g/mol. The molecule has 2 rings (SSSR count). The van der Waals surface area contributed by atoms with Gasteiger partial charge in [-0.2, -0.15) is 5.10 Å². The molecule has 0 radical (unpaired) electrons. The summed E-state index contributed by atoms with van der Waals surface area (Å²) in [7, 11) is 1.29. The summed E-state index contributed by atoms with van der Waals surface area (Å²) in [5.74, 6) is -1.24. The first-order valence-electron chi connectivity index (χ1n) is 8.52. The average Bonchev–Trinajstić information content (AvgIpc) is 2.95. The number of esters is 1. The zero-order valence-corrected chi connectivity index (χ0v) is 14.8. The number of rotatable bonds is 5. The molecule has 1 saturated heterocycles. The van der Waals surface area contributed by atoms with Crippen LogP contribution >= 0.6 is 0 Å². The van der Waals surface area contributed by atoms with Crippen LogP contribution in [0.4, 0.5) is 0 Å². The van der Waals surface area contributed by atoms with Crippen molar-refractivity contribution in [3.05, 3.63) is 29.8 Å². The van der Waals surface area contributed by atoms with Crippen LogP contribution in [-0.2, 0) is 19.1 Å². The molecule has 1 N–H and O–H groups in total. The molecule has 0 saturated carbocycles. The SMILES string of the molecule is COC(=O)COc1ccc(/C=N\NC(=O)C(=O)N2CCCCCC2)cc1. The number of likely N-dealkylation sites (tertiary alicyclic amines) is 1. The van der Waals surface area contributed by atoms with E-state index in [0.29, 0.717) is 24.4 Å². The molecule has 0 spiro atoms. The van der Waals surface area contributed by atoms with Gasteiger partial charge in [-0.25, -0.2) is 10.2 Å². The molecule has 1 fully saturated rings. The number of amides is 2. The summed E-state index contributed by atoms with van der Waals surface area (Å²) in [4.78, 5) is 36.6. The molecule has 0 aromatic heterocycles. The normalized spacial score (nSPS) is 14.6. The van der Waals surface area contributed by atoms with Crippen molar-refractivity contribution in [2.75, 3.05) is 26.8 Å². The van der Waals surface area contributed by atoms with Crippen LogP contribution in [0.3, 0.4) is 0 Å². The Balaban J connectivity index is 1.80. The molecule has 0 bridgehead atoms. The highest BCUT2D eigenvalue weighted by Gasteiger charge is 2.22. The minimum Gasteiger partial charge on any atom is -0.482 e. The molecule has 1 aromatic carbocycles. The molecule has 140 valence electrons. The first-order chi connectivity index (χ1) is 12.6. The molecule has 0 aliphatic carbocycles. The molecule has 1 aliphatic heterocycles. The van der Waals surface area contributed by atoms with Crippen molar-refractivity contribution in [2.24, 2.45) is 5.10 Å². The fourth-order valence-electron chi connectivity index (χ4n) is 2.48. The smallest absolute Gasteiger partial charge is 0.343 e. The van der Waals surface area contributed by atoms with E-state index in [2.05, 4.69) is 15.3 Å². The Morgan fingerprint density at radius 3 is 2.38 bits per heavy atom. The molecule has 2 amide bonds. The van der Waals surface area contributed by atoms with Crippen molar-refractivity contribution in [1.29, 1.82) is 0 Å². The summed E-state index contributed by atoms with van der Waals surface area (Å²) in [6.45, 7) is 1.06. The molecule has 1 aromatic rings. The Kier molecular flexibility index (Phi) is 7.60. The molecule has 26 heavy (non-hydrogen) atoms. The van der Waals surface area contributed by atoms with Gasteiger partial charge in [0, 0.05) is 13.1 Å². The largest absolute Gasteiger partial charge is 0.482 e. The number of carbonyl (C=O) groups excluding carboxylic acids is 3. The lowest BCUT2D eigenvalue weighted by Gasteiger charge is -2.18. The highest BCUT2D eigenvalue weighted by molar-refractivity contribution is 6.35. The topological polar surface area (TPSA) is 97.3 Å². The number of nitrogens with one attached hydrogen (secondary N) is 1. The van der Waals surface area contributed by atoms with Crippen molar-refractivity contribution >= 4 is 24.0 Å². The summed E-state index contributed by atoms with van der Waals surface area (Å²) < 4.78 is 9.71. The number of ether oxygens (including phenoxy) is 2. The van der Waals surface area contributed by atoms with E-state index in [0.717, 1.165) is 25.7 Å². The number of carbonyl (C=O) groups is 3. The van der Waals surface area contributed by atoms with Gasteiger partial charge in [0.2, 0.25) is 0 Å². The number of benzene rings is 1. The standard InChI is InChI=1S/C18H23N3O5/c1-25-16(22)13-26-15-8-6-14(7-9-15)12-19-20-17(23)18(24)21-10-4-2-3-5-11-21/h6-9,12H,2-5,10-11,13H2,1H3,(H,20,23)/b19-12-. The lowest BCUT2D eigenvalue weighted by molar-refractivity contribution is -0.145. The summed E-state index contributed by atoms with van der Waals surface area (Å²) in [6.07, 6.45) is 5.45. The second kappa shape index (κ2) is 10.2. The van der Waals surface area contributed by atoms with Crippen LogP contribution in [0.2, 0.25) is 0 Å². The highest BCUT2D eigenvalue weighted by Crippen LogP contribution is 2.11. The Morgan fingerprint density at radius 2 is 1.77 bits per heavy atom. The molecule has 8 nitrogen and oxygen atoms in total. The second-order valence-corrected chi connectivity index (χ2v) is 5.84. The van der Waals surface area contributed by atoms with E-state index < -0.39 is 17.8 Å². The monoisotopic (exact) mass is 361 g/mol. The number of hydrogen-bond acceptors (Lipinski definition) is 6. The third-order valence-corrected chi connectivity index (χ3v) is 3.93. The Bertz CT molecular complexity index is 649. The fourth-order valence-corrected chi connectivity index (χ4v) is 2.48. The molecular formula is C18H23N3O5. The lowest BCUT2D eigenvalue weighted by atomic mass is 10.2. The highest BCUT2D eigenvalue weighted by atomic mass is 16.6. The summed E-state index contributed by atoms with van der Waals surface area (Å²) in [5.41, 5.74) is 2.96. The van der Waals surface area contributed by atoms with E-state index in [1.165, 1.54) is 13.3 Å². The van der Waals surface area contributed by atoms with Gasteiger partial charge in [0.25, 0.3) is 0 Å². The van der Waals surface area contributed by atoms with Crippen LogP contribution < -0.4 is 10.2 Å². The Labute approximate surface area is 152 Å². The Morgan fingerprint density at radius 1 is 1.12 bits per heavy atom. The molecule has 1 heterocycles. The lowest BCUT2D eigenvalue weighted by Crippen LogP contribution is -2.41. The molecule has 0 atom stereocenters. The van der Waals surface area contributed by atoms with Gasteiger partial charge in [0.1, 0.15) is 5.75 Å². The van der Waals surface area contributed by atoms with E-state index in [1.807, 2.05) is 0 Å². The van der Waals surface area contributed by atoms with Crippen LogP contribution in [0.15, 0.2) is 29.4 Å². The maximum Gasteiger partial charge on any atom is 0.343 e. The second-order valence-electron chi connectivity index (χ2n) is 5.84. The number of methoxy groups -OCH3 is 1. The van der Waals surface area contributed by atoms with Gasteiger partial charge in [-0.15, -0.1) is 0 Å². The molecule has 8 heteroatoms. The first kappa shape index (κ1) is 19.4. The third kappa shape index (κ3) is 6.19. The maximum absolute atomic E-state index is 12.1. The number of nitrogens with zero attached hydrogens (tertiary/aromatic N) is 2. The van der Waals surface area contributed by atoms with E-state index in [9.17, 15) is 14.4 Å². The quantitative estimate of drug-likeness (QED) is 0.366. The molecular weight excluding hydrogens is 338 g/mol. The van der Waals surface area contributed by atoms with Crippen molar-refractivity contribution < 1.29 is 23.9 Å². The first-order valence-corrected chi connectivity index (χ1v) is 8.52. The van der Waals surface area contributed by atoms with Crippen molar-refractivity contribution in [3.63, 3.8) is 0 Å². The van der Waals surface area contributed by atoms with E-state index in [4.69, 9.17) is 4.74 Å². The summed E-state index contributed by atoms with van der Waals surface area (Å²) in [6, 6.07) is 6.74. The van der Waals surface area contributed by atoms with Crippen LogP contribution in [-0.4, -0.2) is 55.7 Å². The molecule has 0 unspecified atom stereocenters. The third-order valence-electron chi connectivity index (χ3n) is 3.93. The van der Waals surface area contributed by atoms with Crippen molar-refractivity contribution in [3.8, 4) is 5.75 Å². The van der Waals surface area contributed by atoms with Crippen molar-refractivity contribution in [1.82, 2.24) is 10.3 Å². The van der Waals surface area contributed by atoms with E-state index in [1.54, 1.807) is 29.2 Å². The van der Waals surface area contributed by atoms with Gasteiger partial charge in [-0.1, -0.05) is 12.8 Å². The van der Waals surface area contributed by atoms with Gasteiger partial charge < -0.3 is 14.4 Å². The van der Waals surface area contributed by atoms with Crippen molar-refractivity contribution in [2.45, 2.75) is 25.7 Å². The Hall–Kier alpha value is -2.90. The zero-order chi connectivity index (χ0) is 18.8. The predicted molar refractivity (Wildman–Crippen MR) is 94.7 cm³/mol. The van der Waals surface area contributed by atoms with Gasteiger partial charge in [-0.05, 0) is 42.7 Å². The zero-order valence-electron chi connectivity index (χ0n) is 14.8. The van der Waals surface area contributed by atoms with E-state index >= 15 is 0 Å². The van der Waals surface area contributed by atoms with Gasteiger partial charge >= 0.3 is 17.8 Å². The minimum absolute atomic E-state index is 0.168. The maximum atomic E-state index is 12.1. The molecule has 1 aliphatic rings. The minimum atomic E-state index is -0.735. The van der Waals surface area contributed by atoms with Gasteiger partial charge in [0.05, 0.1) is 13.3 Å². The van der Waals surface area contributed by atoms with Gasteiger partial charge in [0.15, 0.2) is 6.61 Å². The summed E-state index contributed by atoms with van der Waals surface area (Å²) in [5, 5.41) is 3.81.